The van der Waals surface area contributed by atoms with Crippen molar-refractivity contribution in [1.82, 2.24) is 39.6 Å². The lowest BCUT2D eigenvalue weighted by atomic mass is 9.72. The fourth-order valence-electron chi connectivity index (χ4n) is 14.4. The SMILES string of the molecule is CC1(C)CCC(CN2CCN(c3ccc(C(=O)NS(=O)(=O)c4ccc(NC[C@H]5CC[C@H](N6CCN(CCCCCCc7cccc8c7CN(C7CCC(=O)NC7=O)C8=O)CC6)CC5)c([N+](=O)[O-])c4)c(Oc4cnc5[nH]ccc5c4)c3)CC2)=C(c2ccc(Cl)cc2)C1. The van der Waals surface area contributed by atoms with Crippen molar-refractivity contribution in [3.63, 3.8) is 0 Å². The predicted molar refractivity (Wildman–Crippen MR) is 352 cm³/mol. The van der Waals surface area contributed by atoms with E-state index in [-0.39, 0.29) is 52.5 Å². The average Bonchev–Trinajstić information content (AvgIpc) is 1.77. The number of carbonyl (C=O) groups excluding carboxylic acids is 4. The number of hydrogen-bond donors (Lipinski definition) is 4. The number of piperazine rings is 2. The Bertz CT molecular complexity index is 3850. The minimum absolute atomic E-state index is 0.0411. The van der Waals surface area contributed by atoms with Gasteiger partial charge in [-0.1, -0.05) is 68.1 Å². The lowest BCUT2D eigenvalue weighted by Gasteiger charge is -2.42. The third-order valence-corrected chi connectivity index (χ3v) is 21.3. The van der Waals surface area contributed by atoms with Crippen molar-refractivity contribution in [2.45, 2.75) is 127 Å². The second-order valence-electron chi connectivity index (χ2n) is 26.4. The number of hydrogen-bond acceptors (Lipinski definition) is 15. The molecule has 6 aliphatic rings. The van der Waals surface area contributed by atoms with E-state index in [4.69, 9.17) is 16.3 Å². The van der Waals surface area contributed by atoms with Crippen LogP contribution in [-0.4, -0.2) is 151 Å². The molecule has 4 fully saturated rings. The molecule has 22 heteroatoms. The van der Waals surface area contributed by atoms with Crippen LogP contribution in [-0.2, 0) is 32.6 Å². The Balaban J connectivity index is 0.603. The molecule has 6 heterocycles. The van der Waals surface area contributed by atoms with Crippen LogP contribution in [0.1, 0.15) is 135 Å². The first-order valence-corrected chi connectivity index (χ1v) is 34.3. The first kappa shape index (κ1) is 63.5. The van der Waals surface area contributed by atoms with Crippen molar-refractivity contribution < 1.29 is 37.3 Å². The highest BCUT2D eigenvalue weighted by Gasteiger charge is 2.40. The van der Waals surface area contributed by atoms with E-state index in [0.29, 0.717) is 55.6 Å². The third kappa shape index (κ3) is 15.0. The molecule has 6 aromatic rings. The number of nitrogens with one attached hydrogen (secondary N) is 4. The molecule has 1 atom stereocenters. The van der Waals surface area contributed by atoms with E-state index in [1.165, 1.54) is 35.0 Å². The molecule has 1 unspecified atom stereocenters. The molecule has 4 amide bonds. The number of imide groups is 1. The van der Waals surface area contributed by atoms with E-state index in [0.717, 1.165) is 163 Å². The Hall–Kier alpha value is -7.69. The fraction of sp³-hybridized carbons (Fsp3) is 0.464. The number of anilines is 2. The maximum atomic E-state index is 14.2. The van der Waals surface area contributed by atoms with Gasteiger partial charge >= 0.3 is 0 Å². The molecule has 91 heavy (non-hydrogen) atoms. The number of benzene rings is 4. The maximum absolute atomic E-state index is 14.2. The minimum atomic E-state index is -4.61. The van der Waals surface area contributed by atoms with E-state index in [1.807, 2.05) is 30.3 Å². The number of nitro groups is 1. The highest BCUT2D eigenvalue weighted by molar-refractivity contribution is 7.90. The van der Waals surface area contributed by atoms with Crippen LogP contribution in [0.3, 0.4) is 0 Å². The number of H-pyrrole nitrogens is 1. The number of piperidine rings is 1. The van der Waals surface area contributed by atoms with Crippen LogP contribution >= 0.6 is 11.6 Å². The molecule has 4 N–H and O–H groups in total. The van der Waals surface area contributed by atoms with Crippen molar-refractivity contribution in [2.75, 3.05) is 82.2 Å². The summed E-state index contributed by atoms with van der Waals surface area (Å²) in [7, 11) is -4.61. The van der Waals surface area contributed by atoms with E-state index in [2.05, 4.69) is 77.0 Å². The quantitative estimate of drug-likeness (QED) is 0.0214. The van der Waals surface area contributed by atoms with Gasteiger partial charge in [-0.2, -0.15) is 0 Å². The summed E-state index contributed by atoms with van der Waals surface area (Å²) >= 11 is 6.28. The number of halogens is 1. The molecular formula is C69H82ClN11O9S. The number of aromatic amines is 1. The fourth-order valence-corrected chi connectivity index (χ4v) is 15.5. The van der Waals surface area contributed by atoms with Crippen molar-refractivity contribution in [1.29, 1.82) is 0 Å². The summed E-state index contributed by atoms with van der Waals surface area (Å²) in [5.41, 5.74) is 8.37. The predicted octanol–water partition coefficient (Wildman–Crippen LogP) is 11.0. The van der Waals surface area contributed by atoms with E-state index in [9.17, 15) is 37.7 Å². The molecule has 0 radical (unpaired) electrons. The van der Waals surface area contributed by atoms with Gasteiger partial charge in [-0.25, -0.2) is 18.1 Å². The van der Waals surface area contributed by atoms with Gasteiger partial charge in [0.05, 0.1) is 21.6 Å². The molecule has 0 spiro atoms. The third-order valence-electron chi connectivity index (χ3n) is 19.7. The molecule has 2 aromatic heterocycles. The van der Waals surface area contributed by atoms with Crippen molar-refractivity contribution in [2.24, 2.45) is 11.3 Å². The van der Waals surface area contributed by atoms with Gasteiger partial charge in [0.15, 0.2) is 0 Å². The minimum Gasteiger partial charge on any atom is -0.455 e. The first-order valence-electron chi connectivity index (χ1n) is 32.4. The van der Waals surface area contributed by atoms with Crippen LogP contribution in [0.2, 0.25) is 5.02 Å². The van der Waals surface area contributed by atoms with Gasteiger partial charge in [-0.05, 0) is 165 Å². The Morgan fingerprint density at radius 1 is 0.846 bits per heavy atom. The largest absolute Gasteiger partial charge is 0.455 e. The summed E-state index contributed by atoms with van der Waals surface area (Å²) in [6, 6.07) is 26.4. The molecule has 480 valence electrons. The molecule has 12 rings (SSSR count). The van der Waals surface area contributed by atoms with Crippen LogP contribution in [0.4, 0.5) is 17.1 Å². The Labute approximate surface area is 537 Å². The number of aromatic nitrogens is 2. The standard InChI is InChI=1S/C69H82ClN11O9S/c1-69(2)27-25-50(58(41-69)48-13-15-51(70)16-14-48)44-77-32-36-79(37-33-77)53-19-21-57(63(39-53)90-54-38-49-26-28-71-65(49)73-43-54)66(83)75-91(88,89)55-20-22-60(62(40-55)81(86)87)72-42-46-11-17-52(18-12-46)78-34-30-76(31-35-78)29-6-4-3-5-8-47-9-7-10-56-59(47)45-80(68(56)85)61-23-24-64(82)74-67(61)84/h7,9-10,13-16,19-22,26,28,38-40,43,46,52,61,72H,3-6,8,11-12,17-18,23-25,27,29-37,41-42,44-45H2,1-2H3,(H,71,73)(H,75,83)(H,74,82,84)/t46-,52-,61?. The number of ether oxygens (including phenoxy) is 1. The number of aryl methyl sites for hydroxylation is 1. The number of nitrogens with zero attached hydrogens (tertiary/aromatic N) is 7. The van der Waals surface area contributed by atoms with Gasteiger partial charge in [-0.15, -0.1) is 0 Å². The number of carbonyl (C=O) groups is 4. The zero-order chi connectivity index (χ0) is 63.4. The normalized spacial score (nSPS) is 21.0. The maximum Gasteiger partial charge on any atom is 0.293 e. The van der Waals surface area contributed by atoms with Gasteiger partial charge in [0, 0.05) is 124 Å². The van der Waals surface area contributed by atoms with Gasteiger partial charge in [0.2, 0.25) is 11.8 Å². The smallest absolute Gasteiger partial charge is 0.293 e. The second kappa shape index (κ2) is 27.6. The molecule has 2 aliphatic carbocycles. The van der Waals surface area contributed by atoms with Crippen LogP contribution in [0.5, 0.6) is 11.5 Å². The molecule has 4 aromatic carbocycles. The van der Waals surface area contributed by atoms with E-state index < -0.39 is 37.5 Å². The molecule has 4 aliphatic heterocycles. The number of sulfonamides is 1. The summed E-state index contributed by atoms with van der Waals surface area (Å²) in [6.45, 7) is 14.7. The highest BCUT2D eigenvalue weighted by Crippen LogP contribution is 2.44. The zero-order valence-electron chi connectivity index (χ0n) is 52.0. The number of fused-ring (bicyclic) bond motifs is 2. The Morgan fingerprint density at radius 3 is 2.38 bits per heavy atom. The molecular weight excluding hydrogens is 1190 g/mol. The van der Waals surface area contributed by atoms with Gasteiger partial charge in [0.1, 0.15) is 28.9 Å². The number of rotatable bonds is 22. The first-order chi connectivity index (χ1) is 43.9. The number of pyridine rings is 1. The Kier molecular flexibility index (Phi) is 19.3. The zero-order valence-corrected chi connectivity index (χ0v) is 53.6. The summed E-state index contributed by atoms with van der Waals surface area (Å²) < 4.78 is 36.6. The summed E-state index contributed by atoms with van der Waals surface area (Å²) in [6.07, 6.45) is 16.3. The average molecular weight is 1280 g/mol. The summed E-state index contributed by atoms with van der Waals surface area (Å²) in [4.78, 5) is 82.3. The second-order valence-corrected chi connectivity index (χ2v) is 28.5. The van der Waals surface area contributed by atoms with Gasteiger partial charge in [0.25, 0.3) is 27.5 Å². The van der Waals surface area contributed by atoms with E-state index >= 15 is 0 Å². The monoisotopic (exact) mass is 1280 g/mol. The van der Waals surface area contributed by atoms with Crippen LogP contribution in [0, 0.1) is 21.4 Å². The number of amides is 4. The Morgan fingerprint density at radius 2 is 1.62 bits per heavy atom. The van der Waals surface area contributed by atoms with Crippen molar-refractivity contribution in [3.8, 4) is 11.5 Å². The summed E-state index contributed by atoms with van der Waals surface area (Å²) in [5.74, 6) is -1.00. The lowest BCUT2D eigenvalue weighted by molar-refractivity contribution is -0.384. The molecule has 0 bridgehead atoms. The molecule has 3 saturated heterocycles. The lowest BCUT2D eigenvalue weighted by Crippen LogP contribution is -2.52. The number of allylic oxidation sites excluding steroid dienone is 1. The number of nitro benzene ring substituents is 1. The number of unbranched alkanes of at least 4 members (excludes halogenated alkanes) is 3. The molecule has 20 nitrogen and oxygen atoms in total. The van der Waals surface area contributed by atoms with Crippen LogP contribution in [0.25, 0.3) is 16.6 Å². The van der Waals surface area contributed by atoms with Crippen LogP contribution < -0.4 is 25.0 Å². The van der Waals surface area contributed by atoms with Crippen molar-refractivity contribution in [3.05, 3.63) is 152 Å². The van der Waals surface area contributed by atoms with Crippen LogP contribution in [0.15, 0.2) is 114 Å². The topological polar surface area (TPSA) is 236 Å². The highest BCUT2D eigenvalue weighted by atomic mass is 35.5. The molecule has 1 saturated carbocycles. The van der Waals surface area contributed by atoms with Crippen molar-refractivity contribution >= 4 is 78.9 Å². The summed E-state index contributed by atoms with van der Waals surface area (Å²) in [5, 5.41) is 19.7. The van der Waals surface area contributed by atoms with Gasteiger partial charge < -0.3 is 29.7 Å². The van der Waals surface area contributed by atoms with E-state index in [1.54, 1.807) is 35.4 Å². The van der Waals surface area contributed by atoms with Gasteiger partial charge in [-0.3, -0.25) is 44.4 Å².